The number of primary amides is 1. The van der Waals surface area contributed by atoms with Gasteiger partial charge in [0.2, 0.25) is 5.91 Å². The molecule has 0 spiro atoms. The summed E-state index contributed by atoms with van der Waals surface area (Å²) in [5, 5.41) is 8.96. The lowest BCUT2D eigenvalue weighted by atomic mass is 9.93. The number of nitrogens with one attached hydrogen (secondary N) is 2. The molecule has 3 rings (SSSR count). The summed E-state index contributed by atoms with van der Waals surface area (Å²) in [6.45, 7) is 3.55. The summed E-state index contributed by atoms with van der Waals surface area (Å²) in [4.78, 5) is 29.6. The van der Waals surface area contributed by atoms with E-state index in [0.29, 0.717) is 18.7 Å². The minimum Gasteiger partial charge on any atom is -0.369 e. The van der Waals surface area contributed by atoms with Crippen LogP contribution in [0.5, 0.6) is 0 Å². The Hall–Kier alpha value is -3.11. The Morgan fingerprint density at radius 2 is 2.00 bits per heavy atom. The van der Waals surface area contributed by atoms with Gasteiger partial charge in [0.15, 0.2) is 5.82 Å². The first-order valence-electron chi connectivity index (χ1n) is 9.03. The number of amides is 3. The number of nitrogens with two attached hydrogens (primary N) is 1. The van der Waals surface area contributed by atoms with Crippen molar-refractivity contribution in [2.24, 2.45) is 11.7 Å². The highest BCUT2D eigenvalue weighted by Gasteiger charge is 2.34. The molecule has 1 aliphatic heterocycles. The Kier molecular flexibility index (Phi) is 5.49. The molecule has 0 radical (unpaired) electrons. The standard InChI is InChI=1S/C18H21F3N6O2/c1-9-3-4-11(15(22)28)8-27(9)17(29)24-14-6-12(16-23-10(2)25-26-16)5-13(7-14)18(19,20)21/h5-7,9,11H,3-4,8H2,1-2H3,(H2,22,28)(H,24,29)(H,23,25,26)/t9-,11+/m1/s1. The minimum absolute atomic E-state index is 0.0457. The van der Waals surface area contributed by atoms with Crippen LogP contribution in [-0.4, -0.2) is 44.6 Å². The number of hydrogen-bond donors (Lipinski definition) is 3. The number of carbonyl (C=O) groups excluding carboxylic acids is 2. The molecule has 1 saturated heterocycles. The molecule has 2 atom stereocenters. The summed E-state index contributed by atoms with van der Waals surface area (Å²) >= 11 is 0. The smallest absolute Gasteiger partial charge is 0.369 e. The number of aromatic nitrogens is 3. The number of piperidine rings is 1. The summed E-state index contributed by atoms with van der Waals surface area (Å²) in [7, 11) is 0. The van der Waals surface area contributed by atoms with Crippen molar-refractivity contribution in [1.82, 2.24) is 20.1 Å². The van der Waals surface area contributed by atoms with Crippen LogP contribution in [0.4, 0.5) is 23.7 Å². The zero-order valence-electron chi connectivity index (χ0n) is 15.9. The van der Waals surface area contributed by atoms with E-state index in [1.54, 1.807) is 6.92 Å². The second kappa shape index (κ2) is 7.72. The number of halogens is 3. The van der Waals surface area contributed by atoms with Crippen molar-refractivity contribution in [3.8, 4) is 11.4 Å². The number of aryl methyl sites for hydroxylation is 1. The largest absolute Gasteiger partial charge is 0.416 e. The molecule has 2 aromatic rings. The maximum Gasteiger partial charge on any atom is 0.416 e. The Morgan fingerprint density at radius 1 is 1.28 bits per heavy atom. The van der Waals surface area contributed by atoms with Gasteiger partial charge in [-0.1, -0.05) is 0 Å². The molecule has 0 saturated carbocycles. The summed E-state index contributed by atoms with van der Waals surface area (Å²) in [6.07, 6.45) is -3.47. The van der Waals surface area contributed by atoms with Crippen molar-refractivity contribution < 1.29 is 22.8 Å². The summed E-state index contributed by atoms with van der Waals surface area (Å²) in [6, 6.07) is 2.37. The van der Waals surface area contributed by atoms with Crippen molar-refractivity contribution >= 4 is 17.6 Å². The molecule has 1 aromatic heterocycles. The van der Waals surface area contributed by atoms with Crippen LogP contribution in [0.15, 0.2) is 18.2 Å². The highest BCUT2D eigenvalue weighted by Crippen LogP contribution is 2.34. The third-order valence-corrected chi connectivity index (χ3v) is 4.91. The first-order valence-corrected chi connectivity index (χ1v) is 9.03. The topological polar surface area (TPSA) is 117 Å². The van der Waals surface area contributed by atoms with Crippen molar-refractivity contribution in [2.45, 2.75) is 38.9 Å². The molecule has 4 N–H and O–H groups in total. The van der Waals surface area contributed by atoms with Crippen LogP contribution in [-0.2, 0) is 11.0 Å². The molecule has 156 valence electrons. The molecule has 8 nitrogen and oxygen atoms in total. The molecule has 0 aliphatic carbocycles. The summed E-state index contributed by atoms with van der Waals surface area (Å²) in [5.74, 6) is -0.451. The van der Waals surface area contributed by atoms with E-state index < -0.39 is 29.6 Å². The molecule has 11 heteroatoms. The van der Waals surface area contributed by atoms with E-state index in [1.807, 2.05) is 6.92 Å². The lowest BCUT2D eigenvalue weighted by molar-refractivity contribution is -0.137. The molecular weight excluding hydrogens is 389 g/mol. The second-order valence-electron chi connectivity index (χ2n) is 7.15. The van der Waals surface area contributed by atoms with Crippen molar-refractivity contribution in [1.29, 1.82) is 0 Å². The molecule has 1 aromatic carbocycles. The van der Waals surface area contributed by atoms with Gasteiger partial charge in [-0.3, -0.25) is 9.89 Å². The normalized spacial score (nSPS) is 19.8. The number of rotatable bonds is 3. The van der Waals surface area contributed by atoms with E-state index in [-0.39, 0.29) is 29.7 Å². The van der Waals surface area contributed by atoms with Gasteiger partial charge in [0, 0.05) is 23.8 Å². The predicted octanol–water partition coefficient (Wildman–Crippen LogP) is 2.92. The van der Waals surface area contributed by atoms with Crippen LogP contribution in [0.3, 0.4) is 0 Å². The fourth-order valence-electron chi connectivity index (χ4n) is 3.28. The zero-order chi connectivity index (χ0) is 21.3. The van der Waals surface area contributed by atoms with E-state index in [2.05, 4.69) is 20.5 Å². The first kappa shape index (κ1) is 20.6. The lowest BCUT2D eigenvalue weighted by Gasteiger charge is -2.36. The van der Waals surface area contributed by atoms with Gasteiger partial charge in [-0.05, 0) is 44.9 Å². The van der Waals surface area contributed by atoms with Crippen LogP contribution in [0.25, 0.3) is 11.4 Å². The molecule has 0 bridgehead atoms. The van der Waals surface area contributed by atoms with Crippen LogP contribution in [0.2, 0.25) is 0 Å². The van der Waals surface area contributed by atoms with Gasteiger partial charge in [0.05, 0.1) is 11.5 Å². The number of H-pyrrole nitrogens is 1. The average Bonchev–Trinajstić information content (AvgIpc) is 3.07. The Morgan fingerprint density at radius 3 is 2.59 bits per heavy atom. The number of nitrogens with zero attached hydrogens (tertiary/aromatic N) is 3. The van der Waals surface area contributed by atoms with E-state index in [0.717, 1.165) is 12.1 Å². The molecule has 0 unspecified atom stereocenters. The number of anilines is 1. The minimum atomic E-state index is -4.61. The van der Waals surface area contributed by atoms with Gasteiger partial charge in [0.1, 0.15) is 5.82 Å². The van der Waals surface area contributed by atoms with Crippen molar-refractivity contribution in [3.05, 3.63) is 29.6 Å². The number of urea groups is 1. The number of carbonyl (C=O) groups is 2. The Labute approximate surface area is 164 Å². The number of benzene rings is 1. The summed E-state index contributed by atoms with van der Waals surface area (Å²) in [5.41, 5.74) is 4.47. The lowest BCUT2D eigenvalue weighted by Crippen LogP contribution is -2.50. The zero-order valence-corrected chi connectivity index (χ0v) is 15.9. The molecule has 1 aliphatic rings. The van der Waals surface area contributed by atoms with Crippen LogP contribution < -0.4 is 11.1 Å². The van der Waals surface area contributed by atoms with Gasteiger partial charge in [-0.15, -0.1) is 0 Å². The van der Waals surface area contributed by atoms with E-state index in [1.165, 1.54) is 11.0 Å². The quantitative estimate of drug-likeness (QED) is 0.721. The molecule has 29 heavy (non-hydrogen) atoms. The number of likely N-dealkylation sites (tertiary alicyclic amines) is 1. The SMILES string of the molecule is Cc1nc(-c2cc(NC(=O)N3C[C@@H](C(N)=O)CC[C@H]3C)cc(C(F)(F)F)c2)n[nH]1. The number of aromatic amines is 1. The summed E-state index contributed by atoms with van der Waals surface area (Å²) < 4.78 is 40.0. The maximum atomic E-state index is 13.3. The monoisotopic (exact) mass is 410 g/mol. The number of alkyl halides is 3. The fraction of sp³-hybridized carbons (Fsp3) is 0.444. The van der Waals surface area contributed by atoms with E-state index in [4.69, 9.17) is 5.73 Å². The third-order valence-electron chi connectivity index (χ3n) is 4.91. The average molecular weight is 410 g/mol. The van der Waals surface area contributed by atoms with Crippen molar-refractivity contribution in [2.75, 3.05) is 11.9 Å². The third kappa shape index (κ3) is 4.66. The molecule has 2 heterocycles. The van der Waals surface area contributed by atoms with Crippen LogP contribution in [0.1, 0.15) is 31.2 Å². The highest BCUT2D eigenvalue weighted by atomic mass is 19.4. The van der Waals surface area contributed by atoms with E-state index in [9.17, 15) is 22.8 Å². The second-order valence-corrected chi connectivity index (χ2v) is 7.15. The van der Waals surface area contributed by atoms with E-state index >= 15 is 0 Å². The van der Waals surface area contributed by atoms with Crippen LogP contribution >= 0.6 is 0 Å². The van der Waals surface area contributed by atoms with Crippen LogP contribution in [0, 0.1) is 12.8 Å². The fourth-order valence-corrected chi connectivity index (χ4v) is 3.28. The first-order chi connectivity index (χ1) is 13.5. The highest BCUT2D eigenvalue weighted by molar-refractivity contribution is 5.91. The Bertz CT molecular complexity index is 927. The molecule has 1 fully saturated rings. The maximum absolute atomic E-state index is 13.3. The van der Waals surface area contributed by atoms with Gasteiger partial charge in [-0.2, -0.15) is 18.3 Å². The van der Waals surface area contributed by atoms with Gasteiger partial charge in [0.25, 0.3) is 0 Å². The van der Waals surface area contributed by atoms with Gasteiger partial charge < -0.3 is 16.0 Å². The molecular formula is C18H21F3N6O2. The number of hydrogen-bond acceptors (Lipinski definition) is 4. The predicted molar refractivity (Wildman–Crippen MR) is 98.7 cm³/mol. The Balaban J connectivity index is 1.89. The van der Waals surface area contributed by atoms with Crippen molar-refractivity contribution in [3.63, 3.8) is 0 Å². The molecule has 3 amide bonds. The van der Waals surface area contributed by atoms with Gasteiger partial charge in [-0.25, -0.2) is 9.78 Å². The van der Waals surface area contributed by atoms with Gasteiger partial charge >= 0.3 is 12.2 Å².